The number of fused-ring (bicyclic) bond motifs is 1. The van der Waals surface area contributed by atoms with E-state index in [0.29, 0.717) is 0 Å². The molecule has 1 aromatic carbocycles. The van der Waals surface area contributed by atoms with Gasteiger partial charge in [0.25, 0.3) is 0 Å². The molecule has 1 amide bonds. The molecule has 20 heavy (non-hydrogen) atoms. The third kappa shape index (κ3) is 2.86. The summed E-state index contributed by atoms with van der Waals surface area (Å²) in [6, 6.07) is 8.27. The van der Waals surface area contributed by atoms with E-state index >= 15 is 0 Å². The van der Waals surface area contributed by atoms with Crippen LogP contribution in [0.1, 0.15) is 31.2 Å². The van der Waals surface area contributed by atoms with Crippen LogP contribution < -0.4 is 10.6 Å². The Morgan fingerprint density at radius 2 is 2.15 bits per heavy atom. The predicted molar refractivity (Wildman–Crippen MR) is 83.1 cm³/mol. The highest BCUT2D eigenvalue weighted by Gasteiger charge is 2.31. The van der Waals surface area contributed by atoms with Gasteiger partial charge in [-0.2, -0.15) is 0 Å². The van der Waals surface area contributed by atoms with Crippen molar-refractivity contribution in [3.63, 3.8) is 0 Å². The molecule has 2 N–H and O–H groups in total. The first-order valence-corrected chi connectivity index (χ1v) is 8.37. The molecular weight excluding hydrogens is 268 g/mol. The maximum Gasteiger partial charge on any atom is 0.228 e. The van der Waals surface area contributed by atoms with Crippen LogP contribution in [0.25, 0.3) is 0 Å². The van der Waals surface area contributed by atoms with Crippen molar-refractivity contribution in [1.82, 2.24) is 10.6 Å². The van der Waals surface area contributed by atoms with Gasteiger partial charge >= 0.3 is 0 Å². The van der Waals surface area contributed by atoms with Crippen molar-refractivity contribution < 1.29 is 4.79 Å². The Morgan fingerprint density at radius 3 is 2.95 bits per heavy atom. The molecule has 2 aliphatic rings. The summed E-state index contributed by atoms with van der Waals surface area (Å²) in [5.74, 6) is 1.10. The van der Waals surface area contributed by atoms with Gasteiger partial charge in [-0.15, -0.1) is 11.8 Å². The Bertz CT molecular complexity index is 497. The highest BCUT2D eigenvalue weighted by Crippen LogP contribution is 2.39. The fourth-order valence-electron chi connectivity index (χ4n) is 3.01. The van der Waals surface area contributed by atoms with Crippen molar-refractivity contribution in [1.29, 1.82) is 0 Å². The number of thioether (sulfide) groups is 1. The second-order valence-corrected chi connectivity index (χ2v) is 7.24. The zero-order valence-corrected chi connectivity index (χ0v) is 12.8. The largest absolute Gasteiger partial charge is 0.355 e. The van der Waals surface area contributed by atoms with Crippen LogP contribution in [0.3, 0.4) is 0 Å². The van der Waals surface area contributed by atoms with E-state index in [0.717, 1.165) is 38.2 Å². The molecule has 0 saturated carbocycles. The summed E-state index contributed by atoms with van der Waals surface area (Å²) >= 11 is 1.79. The van der Waals surface area contributed by atoms with Crippen molar-refractivity contribution in [3.8, 4) is 0 Å². The maximum atomic E-state index is 12.5. The van der Waals surface area contributed by atoms with Gasteiger partial charge in [0.1, 0.15) is 0 Å². The molecular formula is C16H22N2OS. The van der Waals surface area contributed by atoms with Gasteiger partial charge in [-0.05, 0) is 43.0 Å². The number of rotatable bonds is 3. The van der Waals surface area contributed by atoms with Crippen LogP contribution >= 0.6 is 11.8 Å². The van der Waals surface area contributed by atoms with E-state index in [2.05, 4.69) is 29.7 Å². The van der Waals surface area contributed by atoms with E-state index in [1.165, 1.54) is 10.5 Å². The molecule has 3 nitrogen and oxygen atoms in total. The molecule has 108 valence electrons. The highest BCUT2D eigenvalue weighted by atomic mass is 32.2. The number of hydrogen-bond acceptors (Lipinski definition) is 3. The number of hydrogen-bond donors (Lipinski definition) is 2. The van der Waals surface area contributed by atoms with Crippen molar-refractivity contribution in [2.75, 3.05) is 25.4 Å². The molecule has 0 aromatic heterocycles. The first-order chi connectivity index (χ1) is 9.68. The van der Waals surface area contributed by atoms with E-state index in [9.17, 15) is 4.79 Å². The van der Waals surface area contributed by atoms with Crippen molar-refractivity contribution in [2.45, 2.75) is 30.6 Å². The second-order valence-electron chi connectivity index (χ2n) is 6.18. The topological polar surface area (TPSA) is 41.1 Å². The fraction of sp³-hybridized carbons (Fsp3) is 0.562. The molecule has 0 bridgehead atoms. The average Bonchev–Trinajstić information content (AvgIpc) is 2.90. The molecule has 1 unspecified atom stereocenters. The summed E-state index contributed by atoms with van der Waals surface area (Å²) in [7, 11) is 0. The van der Waals surface area contributed by atoms with Gasteiger partial charge < -0.3 is 10.6 Å². The SMILES string of the molecule is CC1(CNC(=O)C2CSc3ccccc32)CCNCC1. The van der Waals surface area contributed by atoms with Crippen molar-refractivity contribution >= 4 is 17.7 Å². The number of carbonyl (C=O) groups is 1. The second kappa shape index (κ2) is 5.78. The average molecular weight is 290 g/mol. The van der Waals surface area contributed by atoms with Crippen LogP contribution in [-0.4, -0.2) is 31.3 Å². The minimum Gasteiger partial charge on any atom is -0.355 e. The Labute approximate surface area is 124 Å². The van der Waals surface area contributed by atoms with E-state index in [-0.39, 0.29) is 17.2 Å². The fourth-order valence-corrected chi connectivity index (χ4v) is 4.24. The lowest BCUT2D eigenvalue weighted by Gasteiger charge is -2.34. The lowest BCUT2D eigenvalue weighted by Crippen LogP contribution is -2.44. The van der Waals surface area contributed by atoms with Crippen LogP contribution in [0.15, 0.2) is 29.2 Å². The van der Waals surface area contributed by atoms with E-state index in [4.69, 9.17) is 0 Å². The quantitative estimate of drug-likeness (QED) is 0.898. The van der Waals surface area contributed by atoms with Crippen LogP contribution in [0.2, 0.25) is 0 Å². The molecule has 1 aromatic rings. The molecule has 0 radical (unpaired) electrons. The molecule has 2 heterocycles. The number of amides is 1. The molecule has 1 fully saturated rings. The minimum absolute atomic E-state index is 0.0292. The monoisotopic (exact) mass is 290 g/mol. The van der Waals surface area contributed by atoms with Gasteiger partial charge in [-0.1, -0.05) is 25.1 Å². The van der Waals surface area contributed by atoms with E-state index < -0.39 is 0 Å². The molecule has 0 spiro atoms. The number of piperidine rings is 1. The van der Waals surface area contributed by atoms with Gasteiger partial charge in [0.05, 0.1) is 5.92 Å². The first-order valence-electron chi connectivity index (χ1n) is 7.38. The van der Waals surface area contributed by atoms with Crippen LogP contribution in [-0.2, 0) is 4.79 Å². The molecule has 2 aliphatic heterocycles. The summed E-state index contributed by atoms with van der Waals surface area (Å²) in [4.78, 5) is 13.7. The molecule has 4 heteroatoms. The van der Waals surface area contributed by atoms with Gasteiger partial charge in [0.15, 0.2) is 0 Å². The Balaban J connectivity index is 1.60. The highest BCUT2D eigenvalue weighted by molar-refractivity contribution is 7.99. The standard InChI is InChI=1S/C16H22N2OS/c1-16(6-8-17-9-7-16)11-18-15(19)13-10-20-14-5-3-2-4-12(13)14/h2-5,13,17H,6-11H2,1H3,(H,18,19). The molecule has 1 saturated heterocycles. The minimum atomic E-state index is 0.0292. The first kappa shape index (κ1) is 14.0. The molecule has 0 aliphatic carbocycles. The van der Waals surface area contributed by atoms with Gasteiger partial charge in [0.2, 0.25) is 5.91 Å². The lowest BCUT2D eigenvalue weighted by molar-refractivity contribution is -0.122. The normalized spacial score (nSPS) is 24.1. The number of nitrogens with one attached hydrogen (secondary N) is 2. The van der Waals surface area contributed by atoms with Gasteiger partial charge in [0, 0.05) is 17.2 Å². The summed E-state index contributed by atoms with van der Waals surface area (Å²) in [6.07, 6.45) is 2.28. The lowest BCUT2D eigenvalue weighted by atomic mass is 9.81. The van der Waals surface area contributed by atoms with Crippen molar-refractivity contribution in [2.24, 2.45) is 5.41 Å². The van der Waals surface area contributed by atoms with E-state index in [1.54, 1.807) is 11.8 Å². The smallest absolute Gasteiger partial charge is 0.228 e. The zero-order valence-electron chi connectivity index (χ0n) is 11.9. The summed E-state index contributed by atoms with van der Waals surface area (Å²) < 4.78 is 0. The third-order valence-corrected chi connectivity index (χ3v) is 5.70. The van der Waals surface area contributed by atoms with Crippen LogP contribution in [0.5, 0.6) is 0 Å². The van der Waals surface area contributed by atoms with Gasteiger partial charge in [-0.3, -0.25) is 4.79 Å². The molecule has 1 atom stereocenters. The van der Waals surface area contributed by atoms with Crippen molar-refractivity contribution in [3.05, 3.63) is 29.8 Å². The predicted octanol–water partition coefficient (Wildman–Crippen LogP) is 2.38. The summed E-state index contributed by atoms with van der Waals surface area (Å²) in [6.45, 7) is 5.21. The Morgan fingerprint density at radius 1 is 1.40 bits per heavy atom. The Hall–Kier alpha value is -1.00. The summed E-state index contributed by atoms with van der Waals surface area (Å²) in [5, 5.41) is 6.58. The number of benzene rings is 1. The van der Waals surface area contributed by atoms with Gasteiger partial charge in [-0.25, -0.2) is 0 Å². The number of carbonyl (C=O) groups excluding carboxylic acids is 1. The zero-order chi connectivity index (χ0) is 14.0. The van der Waals surface area contributed by atoms with Crippen LogP contribution in [0, 0.1) is 5.41 Å². The summed E-state index contributed by atoms with van der Waals surface area (Å²) in [5.41, 5.74) is 1.46. The van der Waals surface area contributed by atoms with Crippen LogP contribution in [0.4, 0.5) is 0 Å². The third-order valence-electron chi connectivity index (χ3n) is 4.52. The maximum absolute atomic E-state index is 12.5. The molecule has 3 rings (SSSR count). The Kier molecular flexibility index (Phi) is 4.03. The van der Waals surface area contributed by atoms with E-state index in [1.807, 2.05) is 12.1 Å².